The predicted octanol–water partition coefficient (Wildman–Crippen LogP) is 4.77. The number of ketones is 1. The van der Waals surface area contributed by atoms with Crippen molar-refractivity contribution in [3.8, 4) is 0 Å². The number of Topliss-reactive ketones (excluding diaryl/α,β-unsaturated/α-hetero) is 1. The van der Waals surface area contributed by atoms with Gasteiger partial charge in [0.25, 0.3) is 0 Å². The van der Waals surface area contributed by atoms with Gasteiger partial charge in [0.1, 0.15) is 0 Å². The molecule has 31 heavy (non-hydrogen) atoms. The molecule has 0 amide bonds. The lowest BCUT2D eigenvalue weighted by Gasteiger charge is -2.17. The standard InChI is InChI=1S/C25H30N2O4/c1-7-21-17(4)24(19-10-8-9-11-22(19)26-21)25(29)31-14-23(28)20-12-15(2)27(18(20)5)16(3)13-30-6/h8-12,16H,7,13-14H2,1-6H3. The second-order valence-electron chi connectivity index (χ2n) is 7.89. The van der Waals surface area contributed by atoms with Crippen LogP contribution in [0.5, 0.6) is 0 Å². The first kappa shape index (κ1) is 22.7. The summed E-state index contributed by atoms with van der Waals surface area (Å²) in [4.78, 5) is 30.5. The second-order valence-corrected chi connectivity index (χ2v) is 7.89. The fourth-order valence-electron chi connectivity index (χ4n) is 4.30. The van der Waals surface area contributed by atoms with Crippen LogP contribution in [-0.4, -0.2) is 41.6 Å². The molecule has 0 aliphatic rings. The van der Waals surface area contributed by atoms with E-state index in [0.29, 0.717) is 24.2 Å². The van der Waals surface area contributed by atoms with Gasteiger partial charge in [0, 0.05) is 35.1 Å². The first-order chi connectivity index (χ1) is 14.8. The van der Waals surface area contributed by atoms with Crippen molar-refractivity contribution in [3.63, 3.8) is 0 Å². The van der Waals surface area contributed by atoms with Gasteiger partial charge in [-0.1, -0.05) is 25.1 Å². The largest absolute Gasteiger partial charge is 0.454 e. The van der Waals surface area contributed by atoms with E-state index in [1.165, 1.54) is 0 Å². The average Bonchev–Trinajstić information content (AvgIpc) is 3.05. The Morgan fingerprint density at radius 3 is 2.55 bits per heavy atom. The number of aryl methyl sites for hydroxylation is 2. The van der Waals surface area contributed by atoms with Crippen molar-refractivity contribution >= 4 is 22.7 Å². The monoisotopic (exact) mass is 422 g/mol. The lowest BCUT2D eigenvalue weighted by molar-refractivity contribution is 0.0475. The summed E-state index contributed by atoms with van der Waals surface area (Å²) in [6.07, 6.45) is 0.710. The molecule has 0 spiro atoms. The summed E-state index contributed by atoms with van der Waals surface area (Å²) in [6, 6.07) is 9.45. The van der Waals surface area contributed by atoms with Crippen LogP contribution in [0.2, 0.25) is 0 Å². The average molecular weight is 423 g/mol. The van der Waals surface area contributed by atoms with Gasteiger partial charge in [-0.25, -0.2) is 4.79 Å². The lowest BCUT2D eigenvalue weighted by Crippen LogP contribution is -2.18. The van der Waals surface area contributed by atoms with Crippen molar-refractivity contribution < 1.29 is 19.1 Å². The Kier molecular flexibility index (Phi) is 6.91. The molecule has 0 N–H and O–H groups in total. The molecule has 6 nitrogen and oxygen atoms in total. The van der Waals surface area contributed by atoms with Crippen LogP contribution in [0.3, 0.4) is 0 Å². The Hall–Kier alpha value is -2.99. The number of esters is 1. The number of methoxy groups -OCH3 is 1. The fourth-order valence-corrected chi connectivity index (χ4v) is 4.30. The summed E-state index contributed by atoms with van der Waals surface area (Å²) in [5.74, 6) is -0.718. The highest BCUT2D eigenvalue weighted by molar-refractivity contribution is 6.06. The highest BCUT2D eigenvalue weighted by Crippen LogP contribution is 2.25. The van der Waals surface area contributed by atoms with Crippen molar-refractivity contribution in [3.05, 3.63) is 64.1 Å². The maximum Gasteiger partial charge on any atom is 0.339 e. The van der Waals surface area contributed by atoms with Crippen molar-refractivity contribution in [2.75, 3.05) is 20.3 Å². The third-order valence-corrected chi connectivity index (χ3v) is 5.74. The quantitative estimate of drug-likeness (QED) is 0.386. The number of pyridine rings is 1. The maximum atomic E-state index is 13.0. The summed E-state index contributed by atoms with van der Waals surface area (Å²) in [5.41, 5.74) is 5.27. The summed E-state index contributed by atoms with van der Waals surface area (Å²) in [7, 11) is 1.66. The first-order valence-electron chi connectivity index (χ1n) is 10.6. The predicted molar refractivity (Wildman–Crippen MR) is 121 cm³/mol. The minimum absolute atomic E-state index is 0.104. The van der Waals surface area contributed by atoms with E-state index in [-0.39, 0.29) is 18.4 Å². The Morgan fingerprint density at radius 1 is 1.16 bits per heavy atom. The van der Waals surface area contributed by atoms with Crippen molar-refractivity contribution in [1.29, 1.82) is 0 Å². The second kappa shape index (κ2) is 9.43. The van der Waals surface area contributed by atoms with E-state index in [2.05, 4.69) is 9.55 Å². The molecule has 0 aliphatic carbocycles. The van der Waals surface area contributed by atoms with Crippen molar-refractivity contribution in [2.45, 2.75) is 47.1 Å². The highest BCUT2D eigenvalue weighted by atomic mass is 16.5. The minimum Gasteiger partial charge on any atom is -0.454 e. The van der Waals surface area contributed by atoms with E-state index >= 15 is 0 Å². The number of rotatable bonds is 8. The van der Waals surface area contributed by atoms with E-state index < -0.39 is 5.97 Å². The molecule has 1 atom stereocenters. The fraction of sp³-hybridized carbons (Fsp3) is 0.400. The van der Waals surface area contributed by atoms with Crippen LogP contribution >= 0.6 is 0 Å². The molecule has 3 aromatic rings. The van der Waals surface area contributed by atoms with E-state index in [1.54, 1.807) is 7.11 Å². The van der Waals surface area contributed by atoms with Gasteiger partial charge in [0.15, 0.2) is 6.61 Å². The van der Waals surface area contributed by atoms with E-state index in [0.717, 1.165) is 33.5 Å². The highest BCUT2D eigenvalue weighted by Gasteiger charge is 2.22. The van der Waals surface area contributed by atoms with Gasteiger partial charge in [0.2, 0.25) is 5.78 Å². The number of ether oxygens (including phenoxy) is 2. The molecular weight excluding hydrogens is 392 g/mol. The van der Waals surface area contributed by atoms with Gasteiger partial charge in [0.05, 0.1) is 23.7 Å². The number of hydrogen-bond donors (Lipinski definition) is 0. The lowest BCUT2D eigenvalue weighted by atomic mass is 10.0. The number of carbonyl (C=O) groups excluding carboxylic acids is 2. The zero-order valence-electron chi connectivity index (χ0n) is 19.1. The van der Waals surface area contributed by atoms with E-state index in [4.69, 9.17) is 9.47 Å². The molecule has 0 aliphatic heterocycles. The van der Waals surface area contributed by atoms with Crippen molar-refractivity contribution in [2.24, 2.45) is 0 Å². The van der Waals surface area contributed by atoms with Crippen LogP contribution in [0.1, 0.15) is 63.3 Å². The zero-order chi connectivity index (χ0) is 22.7. The summed E-state index contributed by atoms with van der Waals surface area (Å²) >= 11 is 0. The number of hydrogen-bond acceptors (Lipinski definition) is 5. The Morgan fingerprint density at radius 2 is 1.87 bits per heavy atom. The number of para-hydroxylation sites is 1. The van der Waals surface area contributed by atoms with Gasteiger partial charge in [-0.2, -0.15) is 0 Å². The molecule has 1 aromatic carbocycles. The van der Waals surface area contributed by atoms with Crippen LogP contribution in [0.4, 0.5) is 0 Å². The molecule has 0 saturated heterocycles. The minimum atomic E-state index is -0.499. The van der Waals surface area contributed by atoms with Crippen LogP contribution in [-0.2, 0) is 15.9 Å². The van der Waals surface area contributed by atoms with Gasteiger partial charge in [-0.3, -0.25) is 9.78 Å². The maximum absolute atomic E-state index is 13.0. The van der Waals surface area contributed by atoms with Crippen LogP contribution in [0.25, 0.3) is 10.9 Å². The number of benzene rings is 1. The third-order valence-electron chi connectivity index (χ3n) is 5.74. The van der Waals surface area contributed by atoms with Gasteiger partial charge in [-0.15, -0.1) is 0 Å². The third kappa shape index (κ3) is 4.39. The molecule has 0 bridgehead atoms. The molecule has 0 fully saturated rings. The Labute approximate surface area is 183 Å². The molecule has 2 aromatic heterocycles. The SMILES string of the molecule is CCc1nc2ccccc2c(C(=O)OCC(=O)c2cc(C)n(C(C)COC)c2C)c1C. The van der Waals surface area contributed by atoms with Crippen LogP contribution in [0, 0.1) is 20.8 Å². The molecule has 0 saturated carbocycles. The topological polar surface area (TPSA) is 70.4 Å². The van der Waals surface area contributed by atoms with Crippen LogP contribution < -0.4 is 0 Å². The molecule has 6 heteroatoms. The number of carbonyl (C=O) groups is 2. The number of aromatic nitrogens is 2. The number of nitrogens with zero attached hydrogens (tertiary/aromatic N) is 2. The Bertz CT molecular complexity index is 1130. The first-order valence-corrected chi connectivity index (χ1v) is 10.6. The van der Waals surface area contributed by atoms with Gasteiger partial charge in [-0.05, 0) is 51.8 Å². The summed E-state index contributed by atoms with van der Waals surface area (Å²) in [6.45, 7) is 10.0. The van der Waals surface area contributed by atoms with Crippen molar-refractivity contribution in [1.82, 2.24) is 9.55 Å². The molecule has 164 valence electrons. The summed E-state index contributed by atoms with van der Waals surface area (Å²) < 4.78 is 12.8. The van der Waals surface area contributed by atoms with E-state index in [9.17, 15) is 9.59 Å². The molecule has 3 rings (SSSR count). The van der Waals surface area contributed by atoms with Gasteiger partial charge >= 0.3 is 5.97 Å². The Balaban J connectivity index is 1.85. The molecular formula is C25H30N2O4. The zero-order valence-corrected chi connectivity index (χ0v) is 19.1. The van der Waals surface area contributed by atoms with Crippen LogP contribution in [0.15, 0.2) is 30.3 Å². The van der Waals surface area contributed by atoms with Gasteiger partial charge < -0.3 is 14.0 Å². The summed E-state index contributed by atoms with van der Waals surface area (Å²) in [5, 5.41) is 0.737. The molecule has 2 heterocycles. The number of fused-ring (bicyclic) bond motifs is 1. The normalized spacial score (nSPS) is 12.2. The molecule has 0 radical (unpaired) electrons. The smallest absolute Gasteiger partial charge is 0.339 e. The molecule has 1 unspecified atom stereocenters. The van der Waals surface area contributed by atoms with E-state index in [1.807, 2.05) is 65.0 Å².